The van der Waals surface area contributed by atoms with Crippen LogP contribution in [0, 0.1) is 0 Å². The summed E-state index contributed by atoms with van der Waals surface area (Å²) in [6.45, 7) is 3.93. The van der Waals surface area contributed by atoms with Crippen LogP contribution in [0.4, 0.5) is 0 Å². The Morgan fingerprint density at radius 1 is 1.38 bits per heavy atom. The van der Waals surface area contributed by atoms with E-state index in [-0.39, 0.29) is 5.92 Å². The molecule has 0 bridgehead atoms. The van der Waals surface area contributed by atoms with E-state index >= 15 is 0 Å². The molecule has 1 aromatic carbocycles. The summed E-state index contributed by atoms with van der Waals surface area (Å²) in [5, 5.41) is 10.7. The zero-order valence-electron chi connectivity index (χ0n) is 10.2. The van der Waals surface area contributed by atoms with Gasteiger partial charge in [0.2, 0.25) is 0 Å². The molecule has 2 rings (SSSR count). The van der Waals surface area contributed by atoms with E-state index in [1.165, 1.54) is 5.56 Å². The number of rotatable bonds is 2. The summed E-state index contributed by atoms with van der Waals surface area (Å²) in [6, 6.07) is 10.4. The fourth-order valence-corrected chi connectivity index (χ4v) is 2.80. The third-order valence-electron chi connectivity index (χ3n) is 3.81. The molecule has 0 aromatic heterocycles. The number of aliphatic hydroxyl groups is 1. The van der Waals surface area contributed by atoms with Gasteiger partial charge in [0.05, 0.1) is 5.60 Å². The van der Waals surface area contributed by atoms with Crippen molar-refractivity contribution in [2.24, 2.45) is 0 Å². The third-order valence-corrected chi connectivity index (χ3v) is 3.81. The van der Waals surface area contributed by atoms with Gasteiger partial charge in [0.25, 0.3) is 0 Å². The molecule has 2 atom stereocenters. The highest BCUT2D eigenvalue weighted by Crippen LogP contribution is 2.37. The van der Waals surface area contributed by atoms with Crippen LogP contribution in [0.2, 0.25) is 0 Å². The molecular formula is C14H21NO. The van der Waals surface area contributed by atoms with Gasteiger partial charge in [-0.15, -0.1) is 0 Å². The minimum Gasteiger partial charge on any atom is -0.388 e. The molecule has 0 radical (unpaired) electrons. The van der Waals surface area contributed by atoms with Gasteiger partial charge in [-0.3, -0.25) is 0 Å². The van der Waals surface area contributed by atoms with Crippen molar-refractivity contribution < 1.29 is 5.11 Å². The van der Waals surface area contributed by atoms with E-state index in [0.29, 0.717) is 0 Å². The SMILES string of the molecule is CC[C@@]1(O)CN(C)CC[C@@H]1c1ccccc1. The van der Waals surface area contributed by atoms with Crippen LogP contribution in [-0.2, 0) is 0 Å². The van der Waals surface area contributed by atoms with E-state index in [1.807, 2.05) is 6.07 Å². The minimum atomic E-state index is -0.561. The van der Waals surface area contributed by atoms with E-state index in [0.717, 1.165) is 25.9 Å². The summed E-state index contributed by atoms with van der Waals surface area (Å²) in [7, 11) is 2.09. The van der Waals surface area contributed by atoms with Crippen molar-refractivity contribution in [2.75, 3.05) is 20.1 Å². The number of hydrogen-bond donors (Lipinski definition) is 1. The molecule has 0 unspecified atom stereocenters. The number of likely N-dealkylation sites (tertiary alicyclic amines) is 1. The third kappa shape index (κ3) is 2.13. The van der Waals surface area contributed by atoms with E-state index in [1.54, 1.807) is 0 Å². The summed E-state index contributed by atoms with van der Waals surface area (Å²) in [5.74, 6) is 0.287. The number of β-amino-alcohol motifs (C(OH)–C–C–N with tert-alkyl or cyclic N) is 1. The Kier molecular flexibility index (Phi) is 3.31. The first-order valence-corrected chi connectivity index (χ1v) is 6.11. The lowest BCUT2D eigenvalue weighted by Gasteiger charge is -2.43. The van der Waals surface area contributed by atoms with Gasteiger partial charge in [-0.1, -0.05) is 37.3 Å². The molecule has 1 aliphatic heterocycles. The Hall–Kier alpha value is -0.860. The van der Waals surface area contributed by atoms with Gasteiger partial charge in [-0.2, -0.15) is 0 Å². The fourth-order valence-electron chi connectivity index (χ4n) is 2.80. The maximum atomic E-state index is 10.7. The van der Waals surface area contributed by atoms with Crippen molar-refractivity contribution in [3.05, 3.63) is 35.9 Å². The molecule has 1 aromatic rings. The highest BCUT2D eigenvalue weighted by Gasteiger charge is 2.39. The Bertz CT molecular complexity index is 338. The topological polar surface area (TPSA) is 23.5 Å². The molecule has 16 heavy (non-hydrogen) atoms. The molecule has 1 heterocycles. The summed E-state index contributed by atoms with van der Waals surface area (Å²) in [6.07, 6.45) is 1.86. The van der Waals surface area contributed by atoms with Gasteiger partial charge in [-0.25, -0.2) is 0 Å². The van der Waals surface area contributed by atoms with Crippen LogP contribution in [-0.4, -0.2) is 35.7 Å². The van der Waals surface area contributed by atoms with E-state index in [4.69, 9.17) is 0 Å². The van der Waals surface area contributed by atoms with Crippen LogP contribution >= 0.6 is 0 Å². The van der Waals surface area contributed by atoms with Crippen LogP contribution in [0.3, 0.4) is 0 Å². The number of likely N-dealkylation sites (N-methyl/N-ethyl adjacent to an activating group) is 1. The normalized spacial score (nSPS) is 31.6. The van der Waals surface area contributed by atoms with Gasteiger partial charge in [0.15, 0.2) is 0 Å². The Morgan fingerprint density at radius 2 is 2.06 bits per heavy atom. The van der Waals surface area contributed by atoms with Crippen LogP contribution in [0.25, 0.3) is 0 Å². The maximum Gasteiger partial charge on any atom is 0.0839 e. The molecule has 88 valence electrons. The van der Waals surface area contributed by atoms with Gasteiger partial charge >= 0.3 is 0 Å². The lowest BCUT2D eigenvalue weighted by atomic mass is 9.75. The molecule has 1 saturated heterocycles. The van der Waals surface area contributed by atoms with Crippen LogP contribution in [0.1, 0.15) is 31.2 Å². The highest BCUT2D eigenvalue weighted by atomic mass is 16.3. The molecule has 2 nitrogen and oxygen atoms in total. The quantitative estimate of drug-likeness (QED) is 0.824. The predicted octanol–water partition coefficient (Wildman–Crippen LogP) is 2.25. The number of nitrogens with zero attached hydrogens (tertiary/aromatic N) is 1. The van der Waals surface area contributed by atoms with Crippen LogP contribution < -0.4 is 0 Å². The Labute approximate surface area is 97.9 Å². The van der Waals surface area contributed by atoms with Crippen molar-refractivity contribution in [1.82, 2.24) is 4.90 Å². The first kappa shape index (κ1) is 11.6. The Morgan fingerprint density at radius 3 is 2.69 bits per heavy atom. The van der Waals surface area contributed by atoms with Crippen molar-refractivity contribution in [2.45, 2.75) is 31.3 Å². The van der Waals surface area contributed by atoms with Crippen molar-refractivity contribution in [3.8, 4) is 0 Å². The summed E-state index contributed by atoms with van der Waals surface area (Å²) in [5.41, 5.74) is 0.717. The van der Waals surface area contributed by atoms with E-state index < -0.39 is 5.60 Å². The molecule has 1 N–H and O–H groups in total. The number of hydrogen-bond acceptors (Lipinski definition) is 2. The van der Waals surface area contributed by atoms with Gasteiger partial charge < -0.3 is 10.0 Å². The van der Waals surface area contributed by atoms with E-state index in [9.17, 15) is 5.11 Å². The first-order valence-electron chi connectivity index (χ1n) is 6.11. The predicted molar refractivity (Wildman–Crippen MR) is 66.5 cm³/mol. The summed E-state index contributed by atoms with van der Waals surface area (Å²) >= 11 is 0. The molecule has 0 spiro atoms. The van der Waals surface area contributed by atoms with E-state index in [2.05, 4.69) is 43.1 Å². The van der Waals surface area contributed by atoms with Crippen molar-refractivity contribution in [3.63, 3.8) is 0 Å². The van der Waals surface area contributed by atoms with Gasteiger partial charge in [0, 0.05) is 12.5 Å². The Balaban J connectivity index is 2.26. The maximum absolute atomic E-state index is 10.7. The second-order valence-electron chi connectivity index (χ2n) is 4.95. The molecule has 1 aliphatic rings. The molecular weight excluding hydrogens is 198 g/mol. The summed E-state index contributed by atoms with van der Waals surface area (Å²) in [4.78, 5) is 2.23. The molecule has 1 fully saturated rings. The van der Waals surface area contributed by atoms with Gasteiger partial charge in [0.1, 0.15) is 0 Å². The standard InChI is InChI=1S/C14H21NO/c1-3-14(16)11-15(2)10-9-13(14)12-7-5-4-6-8-12/h4-8,13,16H,3,9-11H2,1-2H3/t13-,14-/m1/s1. The second-order valence-corrected chi connectivity index (χ2v) is 4.95. The minimum absolute atomic E-state index is 0.287. The zero-order valence-corrected chi connectivity index (χ0v) is 10.2. The van der Waals surface area contributed by atoms with Crippen LogP contribution in [0.5, 0.6) is 0 Å². The zero-order chi connectivity index (χ0) is 11.6. The fraction of sp³-hybridized carbons (Fsp3) is 0.571. The smallest absolute Gasteiger partial charge is 0.0839 e. The van der Waals surface area contributed by atoms with Crippen molar-refractivity contribution in [1.29, 1.82) is 0 Å². The lowest BCUT2D eigenvalue weighted by Crippen LogP contribution is -2.51. The monoisotopic (exact) mass is 219 g/mol. The largest absolute Gasteiger partial charge is 0.388 e. The molecule has 0 saturated carbocycles. The molecule has 2 heteroatoms. The summed E-state index contributed by atoms with van der Waals surface area (Å²) < 4.78 is 0. The molecule has 0 aliphatic carbocycles. The average molecular weight is 219 g/mol. The van der Waals surface area contributed by atoms with Crippen LogP contribution in [0.15, 0.2) is 30.3 Å². The first-order chi connectivity index (χ1) is 7.65. The highest BCUT2D eigenvalue weighted by molar-refractivity contribution is 5.24. The average Bonchev–Trinajstić information content (AvgIpc) is 2.30. The number of benzene rings is 1. The lowest BCUT2D eigenvalue weighted by molar-refractivity contribution is -0.0449. The molecule has 0 amide bonds. The van der Waals surface area contributed by atoms with Gasteiger partial charge in [-0.05, 0) is 32.0 Å². The number of piperidine rings is 1. The van der Waals surface area contributed by atoms with Crippen molar-refractivity contribution >= 4 is 0 Å². The second kappa shape index (κ2) is 4.56.